The van der Waals surface area contributed by atoms with Gasteiger partial charge in [-0.2, -0.15) is 0 Å². The average Bonchev–Trinajstić information content (AvgIpc) is 1.98. The van der Waals surface area contributed by atoms with Crippen molar-refractivity contribution in [1.82, 2.24) is 9.80 Å². The van der Waals surface area contributed by atoms with Crippen LogP contribution in [0.5, 0.6) is 0 Å². The first-order valence-corrected chi connectivity index (χ1v) is 4.82. The van der Waals surface area contributed by atoms with E-state index in [1.165, 1.54) is 4.90 Å². The molecule has 0 aromatic rings. The van der Waals surface area contributed by atoms with E-state index in [1.54, 1.807) is 41.8 Å². The molecule has 0 bridgehead atoms. The maximum Gasteiger partial charge on any atom is 0.408 e. The summed E-state index contributed by atoms with van der Waals surface area (Å²) >= 11 is 0. The van der Waals surface area contributed by atoms with Crippen LogP contribution in [0, 0.1) is 0 Å². The SMILES string of the molecule is C[C@H](C(=O)N(C)C)N(C(=O)O)C(C)(C)C. The molecule has 0 spiro atoms. The van der Waals surface area contributed by atoms with E-state index >= 15 is 0 Å². The number of rotatable bonds is 2. The van der Waals surface area contributed by atoms with Crippen LogP contribution in [0.25, 0.3) is 0 Å². The molecule has 2 amide bonds. The van der Waals surface area contributed by atoms with Crippen molar-refractivity contribution in [2.75, 3.05) is 14.1 Å². The van der Waals surface area contributed by atoms with Gasteiger partial charge in [-0.1, -0.05) is 0 Å². The van der Waals surface area contributed by atoms with Crippen LogP contribution in [0.4, 0.5) is 4.79 Å². The molecule has 0 saturated heterocycles. The summed E-state index contributed by atoms with van der Waals surface area (Å²) in [5.74, 6) is -0.215. The van der Waals surface area contributed by atoms with Crippen molar-refractivity contribution < 1.29 is 14.7 Å². The zero-order valence-electron chi connectivity index (χ0n) is 10.2. The summed E-state index contributed by atoms with van der Waals surface area (Å²) in [6.45, 7) is 6.89. The van der Waals surface area contributed by atoms with Gasteiger partial charge in [-0.15, -0.1) is 0 Å². The second-order valence-electron chi connectivity index (χ2n) is 4.73. The van der Waals surface area contributed by atoms with Gasteiger partial charge in [0.15, 0.2) is 0 Å². The van der Waals surface area contributed by atoms with Gasteiger partial charge in [0.25, 0.3) is 0 Å². The molecular weight excluding hydrogens is 196 g/mol. The molecule has 88 valence electrons. The largest absolute Gasteiger partial charge is 0.465 e. The molecule has 15 heavy (non-hydrogen) atoms. The van der Waals surface area contributed by atoms with E-state index in [1.807, 2.05) is 0 Å². The third-order valence-corrected chi connectivity index (χ3v) is 2.11. The molecule has 0 aliphatic heterocycles. The third-order valence-electron chi connectivity index (χ3n) is 2.11. The van der Waals surface area contributed by atoms with Gasteiger partial charge < -0.3 is 10.0 Å². The van der Waals surface area contributed by atoms with Gasteiger partial charge >= 0.3 is 6.09 Å². The van der Waals surface area contributed by atoms with Gasteiger partial charge in [-0.05, 0) is 27.7 Å². The molecular formula is C10H20N2O3. The summed E-state index contributed by atoms with van der Waals surface area (Å²) < 4.78 is 0. The van der Waals surface area contributed by atoms with Crippen LogP contribution in [0.3, 0.4) is 0 Å². The highest BCUT2D eigenvalue weighted by molar-refractivity contribution is 5.84. The van der Waals surface area contributed by atoms with Gasteiger partial charge in [-0.25, -0.2) is 4.79 Å². The van der Waals surface area contributed by atoms with Crippen LogP contribution >= 0.6 is 0 Å². The first-order valence-electron chi connectivity index (χ1n) is 4.82. The highest BCUT2D eigenvalue weighted by Gasteiger charge is 2.34. The molecule has 5 heteroatoms. The Bertz CT molecular complexity index is 256. The first-order chi connectivity index (χ1) is 6.59. The van der Waals surface area contributed by atoms with Gasteiger partial charge in [0.1, 0.15) is 6.04 Å². The lowest BCUT2D eigenvalue weighted by Gasteiger charge is -2.38. The zero-order valence-corrected chi connectivity index (χ0v) is 10.2. The molecule has 0 rings (SSSR count). The second kappa shape index (κ2) is 4.51. The lowest BCUT2D eigenvalue weighted by Crippen LogP contribution is -2.55. The van der Waals surface area contributed by atoms with Crippen LogP contribution in [0.15, 0.2) is 0 Å². The minimum atomic E-state index is -1.08. The number of carboxylic acid groups (broad SMARTS) is 1. The summed E-state index contributed by atoms with van der Waals surface area (Å²) in [6.07, 6.45) is -1.08. The average molecular weight is 216 g/mol. The Labute approximate surface area is 90.7 Å². The fraction of sp³-hybridized carbons (Fsp3) is 0.800. The molecule has 1 atom stereocenters. The van der Waals surface area contributed by atoms with E-state index in [4.69, 9.17) is 5.11 Å². The number of likely N-dealkylation sites (N-methyl/N-ethyl adjacent to an activating group) is 1. The molecule has 0 unspecified atom stereocenters. The topological polar surface area (TPSA) is 60.9 Å². The van der Waals surface area contributed by atoms with Gasteiger partial charge in [0.05, 0.1) is 0 Å². The van der Waals surface area contributed by atoms with Crippen molar-refractivity contribution in [1.29, 1.82) is 0 Å². The Kier molecular flexibility index (Phi) is 4.13. The van der Waals surface area contributed by atoms with E-state index in [9.17, 15) is 9.59 Å². The molecule has 0 aromatic carbocycles. The smallest absolute Gasteiger partial charge is 0.408 e. The van der Waals surface area contributed by atoms with Crippen molar-refractivity contribution >= 4 is 12.0 Å². The summed E-state index contributed by atoms with van der Waals surface area (Å²) in [6, 6.07) is -0.669. The highest BCUT2D eigenvalue weighted by Crippen LogP contribution is 2.18. The van der Waals surface area contributed by atoms with E-state index in [0.717, 1.165) is 4.90 Å². The van der Waals surface area contributed by atoms with E-state index < -0.39 is 17.7 Å². The Balaban J connectivity index is 4.96. The van der Waals surface area contributed by atoms with Crippen molar-refractivity contribution in [2.24, 2.45) is 0 Å². The molecule has 0 fully saturated rings. The molecule has 0 heterocycles. The summed E-state index contributed by atoms with van der Waals surface area (Å²) in [4.78, 5) is 25.3. The Hall–Kier alpha value is -1.26. The third kappa shape index (κ3) is 3.42. The minimum absolute atomic E-state index is 0.215. The zero-order chi connectivity index (χ0) is 12.4. The Morgan fingerprint density at radius 2 is 1.60 bits per heavy atom. The fourth-order valence-corrected chi connectivity index (χ4v) is 1.52. The fourth-order valence-electron chi connectivity index (χ4n) is 1.52. The Morgan fingerprint density at radius 1 is 1.20 bits per heavy atom. The van der Waals surface area contributed by atoms with Crippen molar-refractivity contribution in [3.63, 3.8) is 0 Å². The minimum Gasteiger partial charge on any atom is -0.465 e. The number of carbonyl (C=O) groups is 2. The number of hydrogen-bond donors (Lipinski definition) is 1. The monoisotopic (exact) mass is 216 g/mol. The molecule has 0 aliphatic rings. The first kappa shape index (κ1) is 13.7. The van der Waals surface area contributed by atoms with E-state index in [2.05, 4.69) is 0 Å². The van der Waals surface area contributed by atoms with E-state index in [-0.39, 0.29) is 5.91 Å². The standard InChI is InChI=1S/C10H20N2O3/c1-7(8(13)11(5)6)12(9(14)15)10(2,3)4/h7H,1-6H3,(H,14,15)/t7-/m1/s1. The lowest BCUT2D eigenvalue weighted by molar-refractivity contribution is -0.134. The predicted octanol–water partition coefficient (Wildman–Crippen LogP) is 1.24. The van der Waals surface area contributed by atoms with Crippen LogP contribution in [0.2, 0.25) is 0 Å². The molecule has 0 radical (unpaired) electrons. The lowest BCUT2D eigenvalue weighted by atomic mass is 10.0. The second-order valence-corrected chi connectivity index (χ2v) is 4.73. The highest BCUT2D eigenvalue weighted by atomic mass is 16.4. The van der Waals surface area contributed by atoms with Crippen LogP contribution < -0.4 is 0 Å². The quantitative estimate of drug-likeness (QED) is 0.755. The van der Waals surface area contributed by atoms with Gasteiger partial charge in [0.2, 0.25) is 5.91 Å². The summed E-state index contributed by atoms with van der Waals surface area (Å²) in [5, 5.41) is 9.07. The van der Waals surface area contributed by atoms with Crippen LogP contribution in [-0.2, 0) is 4.79 Å². The number of hydrogen-bond acceptors (Lipinski definition) is 2. The van der Waals surface area contributed by atoms with Crippen molar-refractivity contribution in [3.05, 3.63) is 0 Å². The summed E-state index contributed by atoms with van der Waals surface area (Å²) in [5.41, 5.74) is -0.586. The number of carbonyl (C=O) groups excluding carboxylic acids is 1. The molecule has 0 saturated carbocycles. The predicted molar refractivity (Wildman–Crippen MR) is 57.8 cm³/mol. The maximum atomic E-state index is 11.7. The summed E-state index contributed by atoms with van der Waals surface area (Å²) in [7, 11) is 3.23. The normalized spacial score (nSPS) is 13.2. The Morgan fingerprint density at radius 3 is 1.80 bits per heavy atom. The molecule has 0 aromatic heterocycles. The van der Waals surface area contributed by atoms with Gasteiger partial charge in [-0.3, -0.25) is 9.69 Å². The van der Waals surface area contributed by atoms with Crippen molar-refractivity contribution in [2.45, 2.75) is 39.3 Å². The molecule has 0 aliphatic carbocycles. The number of nitrogens with zero attached hydrogens (tertiary/aromatic N) is 2. The molecule has 1 N–H and O–H groups in total. The van der Waals surface area contributed by atoms with E-state index in [0.29, 0.717) is 0 Å². The molecule has 5 nitrogen and oxygen atoms in total. The van der Waals surface area contributed by atoms with Crippen LogP contribution in [-0.4, -0.2) is 52.6 Å². The number of amides is 2. The maximum absolute atomic E-state index is 11.7. The van der Waals surface area contributed by atoms with Crippen LogP contribution in [0.1, 0.15) is 27.7 Å². The van der Waals surface area contributed by atoms with Gasteiger partial charge in [0, 0.05) is 19.6 Å². The van der Waals surface area contributed by atoms with Crippen molar-refractivity contribution in [3.8, 4) is 0 Å².